The second-order valence-electron chi connectivity index (χ2n) is 6.49. The third-order valence-electron chi connectivity index (χ3n) is 4.13. The molecule has 0 unspecified atom stereocenters. The summed E-state index contributed by atoms with van der Waals surface area (Å²) in [5.41, 5.74) is 0.863. The summed E-state index contributed by atoms with van der Waals surface area (Å²) < 4.78 is 51.7. The van der Waals surface area contributed by atoms with Gasteiger partial charge in [-0.05, 0) is 18.6 Å². The Morgan fingerprint density at radius 2 is 1.54 bits per heavy atom. The number of hydrogen-bond acceptors (Lipinski definition) is 5. The highest BCUT2D eigenvalue weighted by Gasteiger charge is 2.24. The first-order valence-electron chi connectivity index (χ1n) is 8.63. The molecule has 0 radical (unpaired) electrons. The Hall–Kier alpha value is -1.64. The third-order valence-corrected chi connectivity index (χ3v) is 7.79. The summed E-state index contributed by atoms with van der Waals surface area (Å²) in [6, 6.07) is 10.2. The molecule has 0 heterocycles. The minimum Gasteiger partial charge on any atom is -0.377 e. The van der Waals surface area contributed by atoms with Crippen LogP contribution in [-0.4, -0.2) is 36.7 Å². The van der Waals surface area contributed by atoms with Gasteiger partial charge in [0.05, 0.1) is 10.6 Å². The molecule has 8 heteroatoms. The van der Waals surface area contributed by atoms with Crippen LogP contribution >= 0.6 is 0 Å². The molecule has 0 spiro atoms. The molecule has 144 valence electrons. The van der Waals surface area contributed by atoms with E-state index in [1.165, 1.54) is 6.07 Å². The van der Waals surface area contributed by atoms with Crippen molar-refractivity contribution in [2.24, 2.45) is 0 Å². The van der Waals surface area contributed by atoms with E-state index in [1.54, 1.807) is 18.2 Å². The van der Waals surface area contributed by atoms with E-state index in [2.05, 4.69) is 0 Å². The van der Waals surface area contributed by atoms with Gasteiger partial charge in [-0.15, -0.1) is 4.13 Å². The largest absolute Gasteiger partial charge is 0.377 e. The second kappa shape index (κ2) is 8.37. The van der Waals surface area contributed by atoms with Crippen molar-refractivity contribution in [2.75, 3.05) is 24.7 Å². The van der Waals surface area contributed by atoms with Gasteiger partial charge in [-0.3, -0.25) is 0 Å². The number of nitrogens with one attached hydrogen (secondary N) is 1. The fourth-order valence-corrected chi connectivity index (χ4v) is 6.20. The summed E-state index contributed by atoms with van der Waals surface area (Å²) in [4.78, 5) is 1.85. The first-order chi connectivity index (χ1) is 12.2. The molecule has 0 bridgehead atoms. The van der Waals surface area contributed by atoms with Crippen LogP contribution in [0.1, 0.15) is 32.6 Å². The molecule has 0 saturated carbocycles. The fraction of sp³-hybridized carbons (Fsp3) is 0.444. The monoisotopic (exact) mass is 398 g/mol. The summed E-state index contributed by atoms with van der Waals surface area (Å²) in [6.07, 6.45) is 3.12. The number of nitrogens with zero attached hydrogens (tertiary/aromatic N) is 1. The predicted molar refractivity (Wildman–Crippen MR) is 107 cm³/mol. The van der Waals surface area contributed by atoms with Crippen LogP contribution in [-0.2, 0) is 20.0 Å². The number of rotatable bonds is 9. The Morgan fingerprint density at radius 3 is 2.19 bits per heavy atom. The van der Waals surface area contributed by atoms with Crippen molar-refractivity contribution in [1.82, 2.24) is 4.13 Å². The number of unbranched alkanes of at least 4 members (excludes halogenated alkanes) is 3. The van der Waals surface area contributed by atoms with Gasteiger partial charge in [0, 0.05) is 30.6 Å². The van der Waals surface area contributed by atoms with Crippen LogP contribution in [0.5, 0.6) is 0 Å². The molecule has 0 aliphatic rings. The quantitative estimate of drug-likeness (QED) is 0.656. The van der Waals surface area contributed by atoms with Crippen molar-refractivity contribution in [1.29, 1.82) is 0 Å². The van der Waals surface area contributed by atoms with E-state index in [1.807, 2.05) is 42.2 Å². The first kappa shape index (κ1) is 20.7. The molecule has 2 aromatic carbocycles. The van der Waals surface area contributed by atoms with Crippen molar-refractivity contribution in [3.63, 3.8) is 0 Å². The summed E-state index contributed by atoms with van der Waals surface area (Å²) in [5, 5.41) is 1.24. The Labute approximate surface area is 156 Å². The Bertz CT molecular complexity index is 968. The minimum atomic E-state index is -4.19. The first-order valence-corrected chi connectivity index (χ1v) is 11.8. The average Bonchev–Trinajstić information content (AvgIpc) is 2.56. The maximum absolute atomic E-state index is 12.7. The molecule has 6 nitrogen and oxygen atoms in total. The van der Waals surface area contributed by atoms with Gasteiger partial charge < -0.3 is 4.90 Å². The number of fused-ring (bicyclic) bond motifs is 1. The fourth-order valence-electron chi connectivity index (χ4n) is 2.86. The predicted octanol–water partition coefficient (Wildman–Crippen LogP) is 3.09. The Morgan fingerprint density at radius 1 is 0.885 bits per heavy atom. The number of sulfonamides is 2. The van der Waals surface area contributed by atoms with Gasteiger partial charge in [0.2, 0.25) is 10.0 Å². The third kappa shape index (κ3) is 4.96. The molecular formula is C18H26N2O4S2. The lowest BCUT2D eigenvalue weighted by Crippen LogP contribution is -2.32. The second-order valence-corrected chi connectivity index (χ2v) is 10.2. The van der Waals surface area contributed by atoms with Crippen LogP contribution in [0, 0.1) is 0 Å². The van der Waals surface area contributed by atoms with Crippen molar-refractivity contribution >= 4 is 36.5 Å². The minimum absolute atomic E-state index is 0.0316. The van der Waals surface area contributed by atoms with E-state index in [4.69, 9.17) is 0 Å². The highest BCUT2D eigenvalue weighted by Crippen LogP contribution is 2.30. The SMILES string of the molecule is CCCCCCS(=O)(=O)NS(=O)(=O)c1cccc2c(N(C)C)cccc12. The molecule has 0 aliphatic heterocycles. The summed E-state index contributed by atoms with van der Waals surface area (Å²) >= 11 is 0. The van der Waals surface area contributed by atoms with E-state index in [-0.39, 0.29) is 10.6 Å². The van der Waals surface area contributed by atoms with Crippen LogP contribution < -0.4 is 9.03 Å². The van der Waals surface area contributed by atoms with Crippen LogP contribution in [0.3, 0.4) is 0 Å². The van der Waals surface area contributed by atoms with E-state index in [0.29, 0.717) is 11.8 Å². The van der Waals surface area contributed by atoms with Crippen LogP contribution in [0.25, 0.3) is 10.8 Å². The average molecular weight is 399 g/mol. The van der Waals surface area contributed by atoms with E-state index in [9.17, 15) is 16.8 Å². The summed E-state index contributed by atoms with van der Waals surface area (Å²) in [6.45, 7) is 2.03. The molecule has 2 aromatic rings. The van der Waals surface area contributed by atoms with E-state index >= 15 is 0 Å². The number of benzene rings is 2. The zero-order valence-corrected chi connectivity index (χ0v) is 17.0. The van der Waals surface area contributed by atoms with Gasteiger partial charge in [-0.25, -0.2) is 16.8 Å². The summed E-state index contributed by atoms with van der Waals surface area (Å²) in [7, 11) is -4.36. The molecule has 1 N–H and O–H groups in total. The molecule has 0 atom stereocenters. The topological polar surface area (TPSA) is 83.5 Å². The zero-order valence-electron chi connectivity index (χ0n) is 15.4. The maximum atomic E-state index is 12.7. The number of anilines is 1. The standard InChI is InChI=1S/C18H26N2O4S2/c1-4-5-6-7-14-25(21,22)19-26(23,24)18-13-9-10-15-16(18)11-8-12-17(15)20(2)3/h8-13,19H,4-7,14H2,1-3H3. The molecular weight excluding hydrogens is 372 g/mol. The normalized spacial score (nSPS) is 12.4. The number of hydrogen-bond donors (Lipinski definition) is 1. The van der Waals surface area contributed by atoms with Gasteiger partial charge in [0.1, 0.15) is 0 Å². The molecule has 0 aliphatic carbocycles. The van der Waals surface area contributed by atoms with Gasteiger partial charge in [-0.2, -0.15) is 0 Å². The highest BCUT2D eigenvalue weighted by molar-refractivity contribution is 8.04. The van der Waals surface area contributed by atoms with Crippen LogP contribution in [0.2, 0.25) is 0 Å². The molecule has 2 rings (SSSR count). The van der Waals surface area contributed by atoms with E-state index in [0.717, 1.165) is 30.3 Å². The van der Waals surface area contributed by atoms with Crippen LogP contribution in [0.15, 0.2) is 41.3 Å². The molecule has 0 saturated heterocycles. The maximum Gasteiger partial charge on any atom is 0.254 e. The molecule has 0 aromatic heterocycles. The zero-order chi connectivity index (χ0) is 19.4. The lowest BCUT2D eigenvalue weighted by Gasteiger charge is -2.17. The summed E-state index contributed by atoms with van der Waals surface area (Å²) in [5.74, 6) is -0.195. The molecule has 0 fully saturated rings. The van der Waals surface area contributed by atoms with Crippen LogP contribution in [0.4, 0.5) is 5.69 Å². The smallest absolute Gasteiger partial charge is 0.254 e. The van der Waals surface area contributed by atoms with Gasteiger partial charge >= 0.3 is 0 Å². The molecule has 0 amide bonds. The van der Waals surface area contributed by atoms with Gasteiger partial charge in [0.25, 0.3) is 10.0 Å². The Balaban J connectivity index is 2.36. The highest BCUT2D eigenvalue weighted by atomic mass is 32.3. The van der Waals surface area contributed by atoms with Crippen molar-refractivity contribution in [3.05, 3.63) is 36.4 Å². The van der Waals surface area contributed by atoms with Crippen molar-refractivity contribution in [2.45, 2.75) is 37.5 Å². The lowest BCUT2D eigenvalue weighted by atomic mass is 10.1. The van der Waals surface area contributed by atoms with Crippen molar-refractivity contribution < 1.29 is 16.8 Å². The van der Waals surface area contributed by atoms with Gasteiger partial charge in [-0.1, -0.05) is 50.5 Å². The van der Waals surface area contributed by atoms with Crippen molar-refractivity contribution in [3.8, 4) is 0 Å². The van der Waals surface area contributed by atoms with E-state index < -0.39 is 20.0 Å². The molecule has 26 heavy (non-hydrogen) atoms. The lowest BCUT2D eigenvalue weighted by molar-refractivity contribution is 0.573. The Kier molecular flexibility index (Phi) is 6.65. The van der Waals surface area contributed by atoms with Gasteiger partial charge in [0.15, 0.2) is 0 Å².